The molecule has 124 valence electrons. The Hall–Kier alpha value is -1.27. The highest BCUT2D eigenvalue weighted by Gasteiger charge is 2.58. The molecule has 3 amide bonds. The van der Waals surface area contributed by atoms with Crippen molar-refractivity contribution in [3.63, 3.8) is 0 Å². The van der Waals surface area contributed by atoms with Crippen LogP contribution in [0.15, 0.2) is 18.2 Å². The lowest BCUT2D eigenvalue weighted by Gasteiger charge is -2.42. The summed E-state index contributed by atoms with van der Waals surface area (Å²) in [6.45, 7) is 4.20. The molecule has 2 aliphatic rings. The van der Waals surface area contributed by atoms with Gasteiger partial charge in [0.05, 0.1) is 0 Å². The van der Waals surface area contributed by atoms with Gasteiger partial charge in [-0.3, -0.25) is 9.69 Å². The van der Waals surface area contributed by atoms with Crippen LogP contribution < -0.4 is 10.1 Å². The molecule has 1 unspecified atom stereocenters. The number of amides is 3. The van der Waals surface area contributed by atoms with E-state index in [4.69, 9.17) is 16.3 Å². The number of rotatable bonds is 3. The SMILES string of the molecule is CC1(C)CC2(NC(=O)N(CCCBr)C2=O)c2cc(Cl)ccc2O1. The molecule has 1 aromatic carbocycles. The number of urea groups is 1. The number of nitrogens with zero attached hydrogens (tertiary/aromatic N) is 1. The van der Waals surface area contributed by atoms with E-state index in [-0.39, 0.29) is 11.9 Å². The topological polar surface area (TPSA) is 58.6 Å². The van der Waals surface area contributed by atoms with E-state index in [1.54, 1.807) is 18.2 Å². The van der Waals surface area contributed by atoms with Crippen molar-refractivity contribution in [2.24, 2.45) is 0 Å². The molecule has 1 N–H and O–H groups in total. The number of benzene rings is 1. The number of fused-ring (bicyclic) bond motifs is 2. The van der Waals surface area contributed by atoms with Crippen LogP contribution in [0.5, 0.6) is 5.75 Å². The lowest BCUT2D eigenvalue weighted by Crippen LogP contribution is -2.53. The summed E-state index contributed by atoms with van der Waals surface area (Å²) < 4.78 is 5.97. The van der Waals surface area contributed by atoms with Crippen molar-refractivity contribution in [1.82, 2.24) is 10.2 Å². The number of halogens is 2. The van der Waals surface area contributed by atoms with Crippen molar-refractivity contribution in [1.29, 1.82) is 0 Å². The molecule has 3 rings (SSSR count). The fourth-order valence-corrected chi connectivity index (χ4v) is 3.76. The molecule has 0 bridgehead atoms. The Balaban J connectivity index is 2.09. The third-order valence-electron chi connectivity index (χ3n) is 4.17. The maximum atomic E-state index is 13.1. The fourth-order valence-electron chi connectivity index (χ4n) is 3.34. The Morgan fingerprint density at radius 2 is 2.13 bits per heavy atom. The van der Waals surface area contributed by atoms with Gasteiger partial charge in [0.15, 0.2) is 5.54 Å². The summed E-state index contributed by atoms with van der Waals surface area (Å²) >= 11 is 9.44. The fraction of sp³-hybridized carbons (Fsp3) is 0.500. The molecule has 7 heteroatoms. The van der Waals surface area contributed by atoms with E-state index in [0.29, 0.717) is 35.7 Å². The van der Waals surface area contributed by atoms with E-state index in [0.717, 1.165) is 5.33 Å². The molecular weight excluding hydrogens is 384 g/mol. The lowest BCUT2D eigenvalue weighted by molar-refractivity contribution is -0.134. The van der Waals surface area contributed by atoms with E-state index in [1.165, 1.54) is 4.90 Å². The number of imide groups is 1. The number of alkyl halides is 1. The normalized spacial score (nSPS) is 25.3. The van der Waals surface area contributed by atoms with Crippen molar-refractivity contribution in [3.05, 3.63) is 28.8 Å². The van der Waals surface area contributed by atoms with Gasteiger partial charge in [0.1, 0.15) is 11.4 Å². The molecule has 23 heavy (non-hydrogen) atoms. The van der Waals surface area contributed by atoms with Crippen molar-refractivity contribution < 1.29 is 14.3 Å². The molecule has 0 saturated carbocycles. The molecule has 1 fully saturated rings. The zero-order valence-corrected chi connectivity index (χ0v) is 15.3. The Kier molecular flexibility index (Phi) is 4.09. The van der Waals surface area contributed by atoms with E-state index >= 15 is 0 Å². The predicted octanol–water partition coefficient (Wildman–Crippen LogP) is 3.43. The van der Waals surface area contributed by atoms with Gasteiger partial charge in [0.2, 0.25) is 0 Å². The number of ether oxygens (including phenoxy) is 1. The molecule has 1 saturated heterocycles. The predicted molar refractivity (Wildman–Crippen MR) is 91.1 cm³/mol. The maximum Gasteiger partial charge on any atom is 0.325 e. The van der Waals surface area contributed by atoms with E-state index in [1.807, 2.05) is 13.8 Å². The summed E-state index contributed by atoms with van der Waals surface area (Å²) in [6.07, 6.45) is 1.07. The molecule has 1 atom stereocenters. The average Bonchev–Trinajstić information content (AvgIpc) is 2.69. The van der Waals surface area contributed by atoms with Crippen molar-refractivity contribution in [2.45, 2.75) is 37.8 Å². The molecule has 5 nitrogen and oxygen atoms in total. The molecule has 2 aliphatic heterocycles. The molecular formula is C16H18BrClN2O3. The van der Waals surface area contributed by atoms with Gasteiger partial charge >= 0.3 is 6.03 Å². The summed E-state index contributed by atoms with van der Waals surface area (Å²) in [5.74, 6) is 0.352. The first-order valence-electron chi connectivity index (χ1n) is 7.48. The third kappa shape index (κ3) is 2.72. The van der Waals surface area contributed by atoms with Crippen LogP contribution >= 0.6 is 27.5 Å². The van der Waals surface area contributed by atoms with Crippen LogP contribution in [0.2, 0.25) is 5.02 Å². The molecule has 0 aliphatic carbocycles. The van der Waals surface area contributed by atoms with Gasteiger partial charge in [-0.1, -0.05) is 27.5 Å². The number of hydrogen-bond donors (Lipinski definition) is 1. The highest BCUT2D eigenvalue weighted by Crippen LogP contribution is 2.47. The molecule has 1 aromatic rings. The van der Waals surface area contributed by atoms with Gasteiger partial charge in [-0.05, 0) is 38.5 Å². The van der Waals surface area contributed by atoms with Gasteiger partial charge in [0.25, 0.3) is 5.91 Å². The van der Waals surface area contributed by atoms with Crippen LogP contribution in [0.3, 0.4) is 0 Å². The number of hydrogen-bond acceptors (Lipinski definition) is 3. The number of carbonyl (C=O) groups is 2. The maximum absolute atomic E-state index is 13.1. The van der Waals surface area contributed by atoms with Crippen LogP contribution in [0.1, 0.15) is 32.3 Å². The second-order valence-corrected chi connectivity index (χ2v) is 7.74. The molecule has 0 aromatic heterocycles. The van der Waals surface area contributed by atoms with Crippen LogP contribution in [0, 0.1) is 0 Å². The number of nitrogens with one attached hydrogen (secondary N) is 1. The average molecular weight is 402 g/mol. The molecule has 1 spiro atoms. The minimum atomic E-state index is -1.11. The quantitative estimate of drug-likeness (QED) is 0.623. The van der Waals surface area contributed by atoms with Crippen molar-refractivity contribution in [2.75, 3.05) is 11.9 Å². The van der Waals surface area contributed by atoms with Gasteiger partial charge in [-0.25, -0.2) is 4.79 Å². The minimum absolute atomic E-state index is 0.233. The Bertz CT molecular complexity index is 679. The summed E-state index contributed by atoms with van der Waals surface area (Å²) in [5.41, 5.74) is -1.05. The van der Waals surface area contributed by atoms with Crippen LogP contribution in [-0.2, 0) is 10.3 Å². The third-order valence-corrected chi connectivity index (χ3v) is 4.97. The van der Waals surface area contributed by atoms with E-state index in [9.17, 15) is 9.59 Å². The van der Waals surface area contributed by atoms with Crippen molar-refractivity contribution in [3.8, 4) is 5.75 Å². The second kappa shape index (κ2) is 5.67. The molecule has 0 radical (unpaired) electrons. The second-order valence-electron chi connectivity index (χ2n) is 6.51. The Morgan fingerprint density at radius 3 is 2.83 bits per heavy atom. The number of carbonyl (C=O) groups excluding carboxylic acids is 2. The highest BCUT2D eigenvalue weighted by atomic mass is 79.9. The van der Waals surface area contributed by atoms with Crippen LogP contribution in [-0.4, -0.2) is 34.3 Å². The van der Waals surface area contributed by atoms with Crippen LogP contribution in [0.25, 0.3) is 0 Å². The van der Waals surface area contributed by atoms with Gasteiger partial charge < -0.3 is 10.1 Å². The first-order chi connectivity index (χ1) is 10.8. The Labute approximate surface area is 148 Å². The largest absolute Gasteiger partial charge is 0.487 e. The van der Waals surface area contributed by atoms with E-state index < -0.39 is 11.1 Å². The van der Waals surface area contributed by atoms with Gasteiger partial charge in [0, 0.05) is 28.9 Å². The first kappa shape index (κ1) is 16.6. The summed E-state index contributed by atoms with van der Waals surface area (Å²) in [4.78, 5) is 26.7. The standard InChI is InChI=1S/C16H18BrClN2O3/c1-15(2)9-16(11-8-10(18)4-5-12(11)23-15)13(21)20(7-3-6-17)14(22)19-16/h4-5,8H,3,6-7,9H2,1-2H3,(H,19,22). The Morgan fingerprint density at radius 1 is 1.39 bits per heavy atom. The van der Waals surface area contributed by atoms with Crippen LogP contribution in [0.4, 0.5) is 4.79 Å². The zero-order valence-electron chi connectivity index (χ0n) is 13.0. The monoisotopic (exact) mass is 400 g/mol. The highest BCUT2D eigenvalue weighted by molar-refractivity contribution is 9.09. The minimum Gasteiger partial charge on any atom is -0.487 e. The van der Waals surface area contributed by atoms with Gasteiger partial charge in [-0.15, -0.1) is 0 Å². The smallest absolute Gasteiger partial charge is 0.325 e. The summed E-state index contributed by atoms with van der Waals surface area (Å²) in [5, 5.41) is 4.14. The molecule has 2 heterocycles. The van der Waals surface area contributed by atoms with E-state index in [2.05, 4.69) is 21.2 Å². The van der Waals surface area contributed by atoms with Gasteiger partial charge in [-0.2, -0.15) is 0 Å². The summed E-state index contributed by atoms with van der Waals surface area (Å²) in [6, 6.07) is 4.82. The van der Waals surface area contributed by atoms with Crippen molar-refractivity contribution >= 4 is 39.5 Å². The lowest BCUT2D eigenvalue weighted by atomic mass is 9.77. The summed E-state index contributed by atoms with van der Waals surface area (Å²) in [7, 11) is 0. The first-order valence-corrected chi connectivity index (χ1v) is 8.98. The zero-order chi connectivity index (χ0) is 16.8.